The molecule has 0 unspecified atom stereocenters. The van der Waals surface area contributed by atoms with Gasteiger partial charge in [-0.05, 0) is 24.0 Å². The molecule has 1 aromatic carbocycles. The molecule has 1 rings (SSSR count). The van der Waals surface area contributed by atoms with Crippen LogP contribution in [0, 0.1) is 0 Å². The van der Waals surface area contributed by atoms with Crippen LogP contribution < -0.4 is 5.73 Å². The van der Waals surface area contributed by atoms with Crippen LogP contribution in [0.3, 0.4) is 0 Å². The molecule has 1 aromatic rings. The third-order valence-corrected chi connectivity index (χ3v) is 2.44. The van der Waals surface area contributed by atoms with Crippen molar-refractivity contribution in [3.63, 3.8) is 0 Å². The van der Waals surface area contributed by atoms with Crippen LogP contribution in [-0.2, 0) is 4.79 Å². The lowest BCUT2D eigenvalue weighted by Crippen LogP contribution is -2.11. The van der Waals surface area contributed by atoms with Gasteiger partial charge in [-0.25, -0.2) is 0 Å². The van der Waals surface area contributed by atoms with Crippen LogP contribution in [0.1, 0.15) is 5.56 Å². The second-order valence-corrected chi connectivity index (χ2v) is 3.45. The molecular formula is C10H11NOS. The molecular weight excluding hydrogens is 182 g/mol. The van der Waals surface area contributed by atoms with Gasteiger partial charge < -0.3 is 5.73 Å². The molecule has 13 heavy (non-hydrogen) atoms. The van der Waals surface area contributed by atoms with E-state index < -0.39 is 5.91 Å². The van der Waals surface area contributed by atoms with Crippen LogP contribution >= 0.6 is 11.8 Å². The third-order valence-electron chi connectivity index (χ3n) is 1.72. The SMILES string of the molecule is C=C(C(N)=O)c1cccc(SC)c1. The van der Waals surface area contributed by atoms with Crippen molar-refractivity contribution in [2.75, 3.05) is 6.26 Å². The molecule has 2 nitrogen and oxygen atoms in total. The fraction of sp³-hybridized carbons (Fsp3) is 0.100. The van der Waals surface area contributed by atoms with Gasteiger partial charge in [0.1, 0.15) is 0 Å². The molecule has 0 spiro atoms. The van der Waals surface area contributed by atoms with E-state index in [0.29, 0.717) is 5.57 Å². The number of rotatable bonds is 3. The van der Waals surface area contributed by atoms with Crippen molar-refractivity contribution in [3.8, 4) is 0 Å². The summed E-state index contributed by atoms with van der Waals surface area (Å²) in [6, 6.07) is 7.59. The minimum Gasteiger partial charge on any atom is -0.366 e. The number of hydrogen-bond donors (Lipinski definition) is 1. The summed E-state index contributed by atoms with van der Waals surface area (Å²) in [6.07, 6.45) is 1.98. The first-order chi connectivity index (χ1) is 6.15. The van der Waals surface area contributed by atoms with Gasteiger partial charge in [0.2, 0.25) is 5.91 Å². The number of carbonyl (C=O) groups excluding carboxylic acids is 1. The highest BCUT2D eigenvalue weighted by Gasteiger charge is 2.04. The van der Waals surface area contributed by atoms with Crippen molar-refractivity contribution >= 4 is 23.2 Å². The zero-order valence-electron chi connectivity index (χ0n) is 7.41. The molecule has 0 aliphatic rings. The summed E-state index contributed by atoms with van der Waals surface area (Å²) < 4.78 is 0. The molecule has 0 saturated carbocycles. The number of amides is 1. The van der Waals surface area contributed by atoms with Gasteiger partial charge in [-0.15, -0.1) is 11.8 Å². The maximum Gasteiger partial charge on any atom is 0.248 e. The Morgan fingerprint density at radius 1 is 1.54 bits per heavy atom. The Balaban J connectivity index is 3.02. The normalized spacial score (nSPS) is 9.62. The van der Waals surface area contributed by atoms with E-state index in [1.165, 1.54) is 0 Å². The van der Waals surface area contributed by atoms with E-state index in [1.807, 2.05) is 30.5 Å². The molecule has 0 fully saturated rings. The number of hydrogen-bond acceptors (Lipinski definition) is 2. The van der Waals surface area contributed by atoms with E-state index >= 15 is 0 Å². The zero-order valence-corrected chi connectivity index (χ0v) is 8.23. The summed E-state index contributed by atoms with van der Waals surface area (Å²) in [7, 11) is 0. The van der Waals surface area contributed by atoms with Gasteiger partial charge in [0.15, 0.2) is 0 Å². The molecule has 0 aromatic heterocycles. The molecule has 1 amide bonds. The van der Waals surface area contributed by atoms with E-state index in [2.05, 4.69) is 6.58 Å². The number of benzene rings is 1. The van der Waals surface area contributed by atoms with Gasteiger partial charge in [-0.2, -0.15) is 0 Å². The van der Waals surface area contributed by atoms with Gasteiger partial charge in [0, 0.05) is 10.5 Å². The fourth-order valence-electron chi connectivity index (χ4n) is 0.953. The van der Waals surface area contributed by atoms with Crippen molar-refractivity contribution in [1.29, 1.82) is 0 Å². The standard InChI is InChI=1S/C10H11NOS/c1-7(10(11)12)8-4-3-5-9(6-8)13-2/h3-6H,1H2,2H3,(H2,11,12). The first kappa shape index (κ1) is 9.86. The van der Waals surface area contributed by atoms with Crippen LogP contribution in [0.25, 0.3) is 5.57 Å². The Labute approximate surface area is 81.8 Å². The average Bonchev–Trinajstić information content (AvgIpc) is 2.16. The summed E-state index contributed by atoms with van der Waals surface area (Å²) in [4.78, 5) is 11.9. The summed E-state index contributed by atoms with van der Waals surface area (Å²) >= 11 is 1.62. The predicted octanol–water partition coefficient (Wildman–Crippen LogP) is 1.91. The van der Waals surface area contributed by atoms with Crippen molar-refractivity contribution < 1.29 is 4.79 Å². The molecule has 0 radical (unpaired) electrons. The molecule has 0 saturated heterocycles. The number of thioether (sulfide) groups is 1. The molecule has 68 valence electrons. The van der Waals surface area contributed by atoms with Crippen LogP contribution in [0.4, 0.5) is 0 Å². The average molecular weight is 193 g/mol. The van der Waals surface area contributed by atoms with Gasteiger partial charge >= 0.3 is 0 Å². The van der Waals surface area contributed by atoms with Crippen LogP contribution in [0.2, 0.25) is 0 Å². The summed E-state index contributed by atoms with van der Waals surface area (Å²) in [5.74, 6) is -0.474. The maximum absolute atomic E-state index is 10.8. The topological polar surface area (TPSA) is 43.1 Å². The Hall–Kier alpha value is -1.22. The smallest absolute Gasteiger partial charge is 0.248 e. The minimum absolute atomic E-state index is 0.357. The van der Waals surface area contributed by atoms with Crippen LogP contribution in [-0.4, -0.2) is 12.2 Å². The second-order valence-electron chi connectivity index (χ2n) is 2.57. The molecule has 3 heteroatoms. The van der Waals surface area contributed by atoms with E-state index in [1.54, 1.807) is 11.8 Å². The van der Waals surface area contributed by atoms with Gasteiger partial charge in [-0.1, -0.05) is 18.7 Å². The summed E-state index contributed by atoms with van der Waals surface area (Å²) in [5.41, 5.74) is 6.26. The van der Waals surface area contributed by atoms with E-state index in [-0.39, 0.29) is 0 Å². The quantitative estimate of drug-likeness (QED) is 0.588. The number of nitrogens with two attached hydrogens (primary N) is 1. The Morgan fingerprint density at radius 3 is 2.77 bits per heavy atom. The summed E-state index contributed by atoms with van der Waals surface area (Å²) in [6.45, 7) is 3.62. The Kier molecular flexibility index (Phi) is 3.14. The highest BCUT2D eigenvalue weighted by molar-refractivity contribution is 7.98. The van der Waals surface area contributed by atoms with Crippen molar-refractivity contribution in [3.05, 3.63) is 36.4 Å². The monoisotopic (exact) mass is 193 g/mol. The van der Waals surface area contributed by atoms with Crippen molar-refractivity contribution in [1.82, 2.24) is 0 Å². The second kappa shape index (κ2) is 4.14. The molecule has 0 aliphatic carbocycles. The van der Waals surface area contributed by atoms with E-state index in [9.17, 15) is 4.79 Å². The molecule has 2 N–H and O–H groups in total. The minimum atomic E-state index is -0.474. The van der Waals surface area contributed by atoms with Crippen molar-refractivity contribution in [2.45, 2.75) is 4.90 Å². The fourth-order valence-corrected chi connectivity index (χ4v) is 1.41. The molecule has 0 atom stereocenters. The highest BCUT2D eigenvalue weighted by atomic mass is 32.2. The van der Waals surface area contributed by atoms with Gasteiger partial charge in [0.25, 0.3) is 0 Å². The molecule has 0 heterocycles. The zero-order chi connectivity index (χ0) is 9.84. The lowest BCUT2D eigenvalue weighted by Gasteiger charge is -2.02. The summed E-state index contributed by atoms with van der Waals surface area (Å²) in [5, 5.41) is 0. The molecule has 0 bridgehead atoms. The highest BCUT2D eigenvalue weighted by Crippen LogP contribution is 2.19. The third kappa shape index (κ3) is 2.36. The largest absolute Gasteiger partial charge is 0.366 e. The maximum atomic E-state index is 10.8. The molecule has 0 aliphatic heterocycles. The first-order valence-corrected chi connectivity index (χ1v) is 5.00. The van der Waals surface area contributed by atoms with Gasteiger partial charge in [-0.3, -0.25) is 4.79 Å². The lowest BCUT2D eigenvalue weighted by molar-refractivity contribution is -0.112. The first-order valence-electron chi connectivity index (χ1n) is 3.78. The van der Waals surface area contributed by atoms with E-state index in [0.717, 1.165) is 10.5 Å². The van der Waals surface area contributed by atoms with Crippen LogP contribution in [0.15, 0.2) is 35.7 Å². The van der Waals surface area contributed by atoms with Crippen LogP contribution in [0.5, 0.6) is 0 Å². The van der Waals surface area contributed by atoms with Gasteiger partial charge in [0.05, 0.1) is 0 Å². The lowest BCUT2D eigenvalue weighted by atomic mass is 10.1. The van der Waals surface area contributed by atoms with E-state index in [4.69, 9.17) is 5.73 Å². The number of primary amides is 1. The van der Waals surface area contributed by atoms with Crippen molar-refractivity contribution in [2.24, 2.45) is 5.73 Å². The number of carbonyl (C=O) groups is 1. The predicted molar refractivity (Wildman–Crippen MR) is 56.5 cm³/mol. The Bertz CT molecular complexity index is 347. The Morgan fingerprint density at radius 2 is 2.23 bits per heavy atom.